The zero-order valence-electron chi connectivity index (χ0n) is 11.3. The first-order chi connectivity index (χ1) is 7.95. The highest BCUT2D eigenvalue weighted by Crippen LogP contribution is 2.35. The van der Waals surface area contributed by atoms with Crippen LogP contribution in [0.1, 0.15) is 0 Å². The smallest absolute Gasteiger partial charge is 0.390 e. The predicted octanol–water partition coefficient (Wildman–Crippen LogP) is -0.381. The molecule has 0 radical (unpaired) electrons. The van der Waals surface area contributed by atoms with Gasteiger partial charge in [-0.15, -0.1) is 0 Å². The van der Waals surface area contributed by atoms with Crippen molar-refractivity contribution in [3.8, 4) is 0 Å². The van der Waals surface area contributed by atoms with Crippen molar-refractivity contribution in [3.05, 3.63) is 0 Å². The highest BCUT2D eigenvalue weighted by molar-refractivity contribution is 6.92. The molecule has 1 saturated heterocycles. The van der Waals surface area contributed by atoms with Crippen LogP contribution in [0.25, 0.3) is 0 Å². The summed E-state index contributed by atoms with van der Waals surface area (Å²) in [7, 11) is -9.29. The molecule has 0 saturated carbocycles. The summed E-state index contributed by atoms with van der Waals surface area (Å²) in [5.41, 5.74) is 0. The molecule has 18 heavy (non-hydrogen) atoms. The summed E-state index contributed by atoms with van der Waals surface area (Å²) >= 11 is 0. The van der Waals surface area contributed by atoms with E-state index in [1.807, 2.05) is 0 Å². The van der Waals surface area contributed by atoms with Gasteiger partial charge in [0.2, 0.25) is 0 Å². The van der Waals surface area contributed by atoms with Gasteiger partial charge < -0.3 is 34.9 Å². The minimum Gasteiger partial charge on any atom is -0.390 e. The van der Waals surface area contributed by atoms with Crippen LogP contribution in [0.5, 0.6) is 0 Å². The van der Waals surface area contributed by atoms with E-state index >= 15 is 0 Å². The third-order valence-corrected chi connectivity index (χ3v) is 15.6. The van der Waals surface area contributed by atoms with Crippen LogP contribution < -0.4 is 0 Å². The Morgan fingerprint density at radius 2 is 1.28 bits per heavy atom. The highest BCUT2D eigenvalue weighted by Gasteiger charge is 2.66. The molecule has 0 aliphatic carbocycles. The van der Waals surface area contributed by atoms with Crippen molar-refractivity contribution in [3.63, 3.8) is 0 Å². The normalized spacial score (nSPS) is 33.3. The van der Waals surface area contributed by atoms with Gasteiger partial charge in [0, 0.05) is 40.4 Å². The first kappa shape index (κ1) is 16.6. The Morgan fingerprint density at radius 3 is 1.61 bits per heavy atom. The van der Waals surface area contributed by atoms with Crippen LogP contribution in [0.3, 0.4) is 0 Å². The van der Waals surface area contributed by atoms with E-state index in [1.54, 1.807) is 19.6 Å². The van der Waals surface area contributed by atoms with Gasteiger partial charge in [0.05, 0.1) is 0 Å². The van der Waals surface area contributed by atoms with E-state index in [1.165, 1.54) is 20.8 Å². The van der Waals surface area contributed by atoms with Crippen LogP contribution in [0.2, 0.25) is 26.2 Å². The summed E-state index contributed by atoms with van der Waals surface area (Å²) < 4.78 is 32.3. The zero-order chi connectivity index (χ0) is 14.2. The quantitative estimate of drug-likeness (QED) is 0.636. The standard InChI is InChI=1S/C6H20O8Si4/c1-9-16(4,10-2)12-18(6)13-17(5,14-18)11-15(3,7)8/h7-8H,1-6H3. The van der Waals surface area contributed by atoms with E-state index in [-0.39, 0.29) is 0 Å². The Labute approximate surface area is 111 Å². The molecule has 8 nitrogen and oxygen atoms in total. The third kappa shape index (κ3) is 4.29. The first-order valence-corrected chi connectivity index (χ1v) is 14.3. The van der Waals surface area contributed by atoms with Gasteiger partial charge in [-0.25, -0.2) is 0 Å². The maximum absolute atomic E-state index is 9.29. The Balaban J connectivity index is 2.58. The third-order valence-electron chi connectivity index (χ3n) is 2.23. The molecule has 0 amide bonds. The molecule has 1 fully saturated rings. The van der Waals surface area contributed by atoms with Crippen LogP contribution in [0.4, 0.5) is 0 Å². The maximum atomic E-state index is 9.29. The van der Waals surface area contributed by atoms with Gasteiger partial charge in [-0.3, -0.25) is 0 Å². The van der Waals surface area contributed by atoms with E-state index in [0.717, 1.165) is 0 Å². The van der Waals surface area contributed by atoms with Crippen LogP contribution in [0, 0.1) is 0 Å². The van der Waals surface area contributed by atoms with E-state index in [9.17, 15) is 9.59 Å². The Bertz CT molecular complexity index is 296. The van der Waals surface area contributed by atoms with Gasteiger partial charge in [0.25, 0.3) is 0 Å². The van der Waals surface area contributed by atoms with Gasteiger partial charge in [-0.05, 0) is 0 Å². The fourth-order valence-corrected chi connectivity index (χ4v) is 15.6. The van der Waals surface area contributed by atoms with Crippen LogP contribution in [-0.4, -0.2) is 59.0 Å². The molecule has 0 aromatic carbocycles. The van der Waals surface area contributed by atoms with Crippen LogP contribution in [0.15, 0.2) is 0 Å². The monoisotopic (exact) mass is 332 g/mol. The fourth-order valence-electron chi connectivity index (χ4n) is 1.62. The van der Waals surface area contributed by atoms with Gasteiger partial charge >= 0.3 is 35.2 Å². The van der Waals surface area contributed by atoms with Crippen molar-refractivity contribution in [2.24, 2.45) is 0 Å². The lowest BCUT2D eigenvalue weighted by Gasteiger charge is -2.49. The molecule has 1 heterocycles. The van der Waals surface area contributed by atoms with Crippen molar-refractivity contribution in [2.75, 3.05) is 14.2 Å². The minimum atomic E-state index is -3.67. The molecule has 12 heteroatoms. The Kier molecular flexibility index (Phi) is 4.75. The lowest BCUT2D eigenvalue weighted by molar-refractivity contribution is 0.0415. The SMILES string of the molecule is CO[Si](C)(OC)O[Si]1(C)O[Si](C)(O[Si](C)(O)O)O1. The molecule has 108 valence electrons. The predicted molar refractivity (Wildman–Crippen MR) is 69.3 cm³/mol. The van der Waals surface area contributed by atoms with E-state index in [2.05, 4.69) is 0 Å². The molecule has 1 aliphatic rings. The van der Waals surface area contributed by atoms with Crippen LogP contribution in [-0.2, 0) is 25.3 Å². The lowest BCUT2D eigenvalue weighted by Crippen LogP contribution is -2.75. The number of hydrogen-bond acceptors (Lipinski definition) is 8. The van der Waals surface area contributed by atoms with Crippen molar-refractivity contribution < 1.29 is 34.9 Å². The first-order valence-electron chi connectivity index (χ1n) is 5.30. The lowest BCUT2D eigenvalue weighted by atomic mass is 11.8. The molecule has 0 aromatic rings. The van der Waals surface area contributed by atoms with Gasteiger partial charge in [-0.1, -0.05) is 0 Å². The summed E-state index contributed by atoms with van der Waals surface area (Å²) in [6.45, 7) is 6.20. The zero-order valence-corrected chi connectivity index (χ0v) is 15.3. The largest absolute Gasteiger partial charge is 0.489 e. The Hall–Kier alpha value is 0.548. The van der Waals surface area contributed by atoms with Gasteiger partial charge in [-0.2, -0.15) is 0 Å². The summed E-state index contributed by atoms with van der Waals surface area (Å²) in [5, 5.41) is 0. The van der Waals surface area contributed by atoms with E-state index in [0.29, 0.717) is 0 Å². The van der Waals surface area contributed by atoms with E-state index in [4.69, 9.17) is 25.3 Å². The average molecular weight is 333 g/mol. The molecule has 1 aliphatic heterocycles. The maximum Gasteiger partial charge on any atom is 0.489 e. The summed E-state index contributed by atoms with van der Waals surface area (Å²) in [5.74, 6) is 0. The van der Waals surface area contributed by atoms with Crippen molar-refractivity contribution >= 4 is 35.2 Å². The highest BCUT2D eigenvalue weighted by atomic mass is 28.6. The molecule has 0 bridgehead atoms. The molecular weight excluding hydrogens is 312 g/mol. The topological polar surface area (TPSA) is 95.8 Å². The second-order valence-corrected chi connectivity index (χ2v) is 15.5. The van der Waals surface area contributed by atoms with E-state index < -0.39 is 35.2 Å². The molecule has 0 aromatic heterocycles. The molecule has 0 atom stereocenters. The second kappa shape index (κ2) is 5.15. The molecule has 1 rings (SSSR count). The average Bonchev–Trinajstić information content (AvgIpc) is 2.11. The molecule has 0 spiro atoms. The van der Waals surface area contributed by atoms with Crippen LogP contribution >= 0.6 is 0 Å². The summed E-state index contributed by atoms with van der Waals surface area (Å²) in [4.78, 5) is 18.6. The molecule has 2 N–H and O–H groups in total. The van der Waals surface area contributed by atoms with Crippen molar-refractivity contribution in [1.29, 1.82) is 0 Å². The molecule has 0 unspecified atom stereocenters. The second-order valence-electron chi connectivity index (χ2n) is 4.34. The fraction of sp³-hybridized carbons (Fsp3) is 1.00. The van der Waals surface area contributed by atoms with Gasteiger partial charge in [0.15, 0.2) is 0 Å². The minimum absolute atomic E-state index is 1.22. The molecular formula is C6H20O8Si4. The number of rotatable bonds is 6. The Morgan fingerprint density at radius 1 is 0.889 bits per heavy atom. The van der Waals surface area contributed by atoms with Crippen molar-refractivity contribution in [1.82, 2.24) is 0 Å². The summed E-state index contributed by atoms with van der Waals surface area (Å²) in [6.07, 6.45) is 0. The van der Waals surface area contributed by atoms with Crippen molar-refractivity contribution in [2.45, 2.75) is 26.2 Å². The summed E-state index contributed by atoms with van der Waals surface area (Å²) in [6, 6.07) is 0. The van der Waals surface area contributed by atoms with Gasteiger partial charge in [0.1, 0.15) is 0 Å². The number of hydrogen-bond donors (Lipinski definition) is 2.